The highest BCUT2D eigenvalue weighted by Crippen LogP contribution is 2.39. The highest BCUT2D eigenvalue weighted by Gasteiger charge is 2.43. The van der Waals surface area contributed by atoms with Crippen LogP contribution >= 0.6 is 0 Å². The minimum Gasteiger partial charge on any atom is -0.470 e. The summed E-state index contributed by atoms with van der Waals surface area (Å²) in [6.45, 7) is 24.3. The molecule has 3 aliphatic heterocycles. The van der Waals surface area contributed by atoms with Crippen molar-refractivity contribution in [3.8, 4) is 35.5 Å². The molecule has 3 aliphatic carbocycles. The van der Waals surface area contributed by atoms with Crippen LogP contribution in [0.25, 0.3) is 17.8 Å². The van der Waals surface area contributed by atoms with Crippen molar-refractivity contribution in [2.75, 3.05) is 55.2 Å². The molecule has 0 atom stereocenters. The number of carbonyl (C=O) groups excluding carboxylic acids is 4. The lowest BCUT2D eigenvalue weighted by Crippen LogP contribution is -2.58. The molecule has 12 rings (SSSR count). The van der Waals surface area contributed by atoms with Gasteiger partial charge in [-0.25, -0.2) is 49.2 Å². The van der Waals surface area contributed by atoms with Gasteiger partial charge in [0.2, 0.25) is 53.1 Å². The third-order valence-corrected chi connectivity index (χ3v) is 18.4. The zero-order chi connectivity index (χ0) is 74.9. The second-order valence-corrected chi connectivity index (χ2v) is 30.7. The highest BCUT2D eigenvalue weighted by molar-refractivity contribution is 5.83. The van der Waals surface area contributed by atoms with E-state index in [9.17, 15) is 59.4 Å². The summed E-state index contributed by atoms with van der Waals surface area (Å²) in [7, 11) is 0. The molecule has 6 aromatic rings. The van der Waals surface area contributed by atoms with E-state index < -0.39 is 40.4 Å². The number of likely N-dealkylation sites (tertiary alicyclic amines) is 3. The number of amides is 3. The number of aryl methyl sites for hydroxylation is 3. The van der Waals surface area contributed by atoms with Gasteiger partial charge in [-0.05, 0) is 76.0 Å². The lowest BCUT2D eigenvalue weighted by atomic mass is 9.92. The van der Waals surface area contributed by atoms with Gasteiger partial charge >= 0.3 is 0 Å². The Balaban J connectivity index is 0.000000166. The number of aliphatic hydroxyl groups excluding tert-OH is 1. The number of anilines is 3. The summed E-state index contributed by atoms with van der Waals surface area (Å²) in [5.41, 5.74) is 0.734. The first-order valence-corrected chi connectivity index (χ1v) is 34.7. The summed E-state index contributed by atoms with van der Waals surface area (Å²) in [6, 6.07) is 4.32. The number of hydrogen-bond acceptors (Lipinski definition) is 20. The molecule has 0 radical (unpaired) electrons. The van der Waals surface area contributed by atoms with Gasteiger partial charge in [-0.1, -0.05) is 62.3 Å². The zero-order valence-electron chi connectivity index (χ0n) is 60.1. The Morgan fingerprint density at radius 2 is 0.796 bits per heavy atom. The van der Waals surface area contributed by atoms with Gasteiger partial charge in [0.15, 0.2) is 6.29 Å². The molecule has 6 aliphatic rings. The highest BCUT2D eigenvalue weighted by atomic mass is 19.3. The van der Waals surface area contributed by atoms with Gasteiger partial charge in [-0.15, -0.1) is 0 Å². The Kier molecular flexibility index (Phi) is 22.7. The quantitative estimate of drug-likeness (QED) is 0.0459. The molecular weight excluding hydrogens is 1360 g/mol. The molecule has 3 amide bonds. The van der Waals surface area contributed by atoms with Crippen LogP contribution in [0.2, 0.25) is 0 Å². The van der Waals surface area contributed by atoms with Crippen LogP contribution in [0.1, 0.15) is 184 Å². The van der Waals surface area contributed by atoms with Crippen LogP contribution in [0.4, 0.5) is 52.6 Å². The molecule has 562 valence electrons. The summed E-state index contributed by atoms with van der Waals surface area (Å²) in [4.78, 5) is 80.2. The summed E-state index contributed by atoms with van der Waals surface area (Å²) in [6.07, 6.45) is 2.69. The van der Waals surface area contributed by atoms with E-state index in [2.05, 4.69) is 61.2 Å². The Hall–Kier alpha value is -8.85. The number of aliphatic hydroxyl groups is 1. The topological polar surface area (TPSA) is 293 Å². The molecule has 0 spiro atoms. The smallest absolute Gasteiger partial charge is 0.282 e. The minimum absolute atomic E-state index is 0.0167. The van der Waals surface area contributed by atoms with Gasteiger partial charge in [0.25, 0.3) is 24.3 Å². The standard InChI is InChI=1S/C23H30F4N6O2.C23H32F2N6O3.C23H30F2N6O3/c1-13-10-33(31-18(13)19(24)25)21-29-16(28-14-5-7-23(26,27)8-6-14)9-17(30-21)35-15-11-32(12-15)20(34)22(2,3)4;2*1-14-10-31(29-17(14)13-32)21-27-18(26-15-5-7-23(24,25)8-6-15)9-19(28-21)34-16-11-30(12-16)20(33)22(2,3)4/h9-10,14-15,19H,5-8,11-12H2,1-4H3,(H,28,29,30);9-10,15-16,32H,5-8,11-13H2,1-4H3,(H,26,27,28);9-10,13,15-16H,5-8,11-12H2,1-4H3,(H,26,27,28). The lowest BCUT2D eigenvalue weighted by Gasteiger charge is -2.41. The Labute approximate surface area is 591 Å². The third-order valence-electron chi connectivity index (χ3n) is 18.4. The van der Waals surface area contributed by atoms with E-state index in [1.807, 2.05) is 69.2 Å². The molecular formula is C69H92F8N18O8. The van der Waals surface area contributed by atoms with Crippen LogP contribution in [0, 0.1) is 37.0 Å². The summed E-state index contributed by atoms with van der Waals surface area (Å²) >= 11 is 0. The van der Waals surface area contributed by atoms with Crippen molar-refractivity contribution in [2.45, 2.75) is 227 Å². The molecule has 4 N–H and O–H groups in total. The molecule has 9 heterocycles. The van der Waals surface area contributed by atoms with E-state index in [1.54, 1.807) is 52.2 Å². The average molecular weight is 1450 g/mol. The molecule has 3 saturated heterocycles. The maximum atomic E-state index is 13.6. The monoisotopic (exact) mass is 1450 g/mol. The first kappa shape index (κ1) is 76.8. The van der Waals surface area contributed by atoms with Crippen LogP contribution in [-0.2, 0) is 21.0 Å². The number of hydrogen-bond donors (Lipinski definition) is 4. The molecule has 6 aromatic heterocycles. The van der Waals surface area contributed by atoms with Gasteiger partial charge in [-0.2, -0.15) is 45.2 Å². The number of rotatable bonds is 18. The fourth-order valence-corrected chi connectivity index (χ4v) is 12.3. The van der Waals surface area contributed by atoms with Crippen molar-refractivity contribution in [3.05, 3.63) is 70.6 Å². The normalized spacial score (nSPS) is 19.0. The van der Waals surface area contributed by atoms with Crippen molar-refractivity contribution in [1.29, 1.82) is 0 Å². The number of nitrogens with one attached hydrogen (secondary N) is 3. The molecule has 3 saturated carbocycles. The van der Waals surface area contributed by atoms with Crippen molar-refractivity contribution in [1.82, 2.24) is 73.9 Å². The molecule has 0 bridgehead atoms. The Morgan fingerprint density at radius 1 is 0.495 bits per heavy atom. The average Bonchev–Trinajstić information content (AvgIpc) is 1.64. The first-order chi connectivity index (χ1) is 48.2. The SMILES string of the molecule is Cc1cn(-c2nc(NC3CCC(F)(F)CC3)cc(OC3CN(C(=O)C(C)(C)C)C3)n2)nc1C(F)F.Cc1cn(-c2nc(NC3CCC(F)(F)CC3)cc(OC3CN(C(=O)C(C)(C)C)C3)n2)nc1C=O.Cc1cn(-c2nc(NC3CCC(F)(F)CC3)cc(OC3CN(C(=O)C(C)(C)C)C3)n2)nc1CO. The van der Waals surface area contributed by atoms with Gasteiger partial charge in [-0.3, -0.25) is 19.2 Å². The first-order valence-electron chi connectivity index (χ1n) is 34.7. The van der Waals surface area contributed by atoms with E-state index in [1.165, 1.54) is 22.5 Å². The van der Waals surface area contributed by atoms with E-state index in [0.29, 0.717) is 106 Å². The van der Waals surface area contributed by atoms with Gasteiger partial charge in [0.1, 0.15) is 47.2 Å². The fraction of sp³-hybridized carbons (Fsp3) is 0.638. The number of alkyl halides is 8. The van der Waals surface area contributed by atoms with Gasteiger partial charge in [0, 0.05) is 110 Å². The molecule has 6 fully saturated rings. The number of aromatic nitrogens is 12. The predicted octanol–water partition coefficient (Wildman–Crippen LogP) is 11.0. The molecule has 34 heteroatoms. The Morgan fingerprint density at radius 3 is 1.07 bits per heavy atom. The molecule has 0 unspecified atom stereocenters. The maximum Gasteiger partial charge on any atom is 0.282 e. The van der Waals surface area contributed by atoms with Crippen molar-refractivity contribution in [3.63, 3.8) is 0 Å². The lowest BCUT2D eigenvalue weighted by molar-refractivity contribution is -0.149. The second-order valence-electron chi connectivity index (χ2n) is 30.7. The zero-order valence-corrected chi connectivity index (χ0v) is 60.1. The van der Waals surface area contributed by atoms with Crippen LogP contribution in [0.15, 0.2) is 36.8 Å². The van der Waals surface area contributed by atoms with E-state index in [0.717, 1.165) is 10.2 Å². The number of carbonyl (C=O) groups is 4. The summed E-state index contributed by atoms with van der Waals surface area (Å²) in [5.74, 6) is -5.34. The second kappa shape index (κ2) is 30.5. The van der Waals surface area contributed by atoms with Crippen LogP contribution in [0.5, 0.6) is 17.6 Å². The predicted molar refractivity (Wildman–Crippen MR) is 362 cm³/mol. The van der Waals surface area contributed by atoms with Crippen molar-refractivity contribution >= 4 is 41.5 Å². The van der Waals surface area contributed by atoms with E-state index >= 15 is 0 Å². The van der Waals surface area contributed by atoms with E-state index in [4.69, 9.17) is 14.2 Å². The van der Waals surface area contributed by atoms with E-state index in [-0.39, 0.29) is 159 Å². The minimum atomic E-state index is -2.75. The number of halogens is 8. The van der Waals surface area contributed by atoms with Crippen LogP contribution in [0.3, 0.4) is 0 Å². The van der Waals surface area contributed by atoms with Crippen LogP contribution < -0.4 is 30.2 Å². The molecule has 0 aromatic carbocycles. The third kappa shape index (κ3) is 19.9. The number of ether oxygens (including phenoxy) is 3. The number of nitrogens with zero attached hydrogens (tertiary/aromatic N) is 15. The molecule has 103 heavy (non-hydrogen) atoms. The Bertz CT molecular complexity index is 3970. The maximum absolute atomic E-state index is 13.6. The van der Waals surface area contributed by atoms with Gasteiger partial charge < -0.3 is 50.0 Å². The summed E-state index contributed by atoms with van der Waals surface area (Å²) < 4.78 is 130. The van der Waals surface area contributed by atoms with Crippen LogP contribution in [-0.4, -0.2) is 197 Å². The number of aldehydes is 1. The molecule has 26 nitrogen and oxygen atoms in total. The fourth-order valence-electron chi connectivity index (χ4n) is 12.3. The van der Waals surface area contributed by atoms with Crippen molar-refractivity contribution in [2.24, 2.45) is 16.2 Å². The van der Waals surface area contributed by atoms with Crippen molar-refractivity contribution < 1.29 is 73.6 Å². The van der Waals surface area contributed by atoms with Gasteiger partial charge in [0.05, 0.1) is 51.6 Å². The summed E-state index contributed by atoms with van der Waals surface area (Å²) in [5, 5.41) is 31.5. The largest absolute Gasteiger partial charge is 0.470 e.